The molecule has 4 aromatic rings. The lowest BCUT2D eigenvalue weighted by molar-refractivity contribution is -0.130. The van der Waals surface area contributed by atoms with Crippen LogP contribution in [0.3, 0.4) is 0 Å². The van der Waals surface area contributed by atoms with Crippen molar-refractivity contribution in [3.63, 3.8) is 0 Å². The van der Waals surface area contributed by atoms with Gasteiger partial charge < -0.3 is 30.7 Å². The topological polar surface area (TPSA) is 144 Å². The average Bonchev–Trinajstić information content (AvgIpc) is 3.25. The molecule has 0 atom stereocenters. The predicted molar refractivity (Wildman–Crippen MR) is 129 cm³/mol. The van der Waals surface area contributed by atoms with E-state index in [0.717, 1.165) is 5.56 Å². The van der Waals surface area contributed by atoms with Crippen LogP contribution in [0.25, 0.3) is 22.6 Å². The van der Waals surface area contributed by atoms with Gasteiger partial charge in [0.25, 0.3) is 0 Å². The second kappa shape index (κ2) is 8.71. The Balaban J connectivity index is 1.35. The number of halogens is 1. The fourth-order valence-corrected chi connectivity index (χ4v) is 4.15. The number of nitrogen functional groups attached to an aromatic ring is 1. The minimum absolute atomic E-state index is 0.00142. The van der Waals surface area contributed by atoms with Crippen molar-refractivity contribution < 1.29 is 15.0 Å². The highest BCUT2D eigenvalue weighted by atomic mass is 35.5. The summed E-state index contributed by atoms with van der Waals surface area (Å²) in [6.45, 7) is 2.19. The number of nitrogens with one attached hydrogen (secondary N) is 1. The van der Waals surface area contributed by atoms with Crippen LogP contribution in [-0.4, -0.2) is 67.1 Å². The zero-order valence-electron chi connectivity index (χ0n) is 18.1. The Kier molecular flexibility index (Phi) is 5.58. The van der Waals surface area contributed by atoms with Gasteiger partial charge in [-0.3, -0.25) is 4.79 Å². The number of aromatic amines is 1. The van der Waals surface area contributed by atoms with Gasteiger partial charge in [0.05, 0.1) is 12.0 Å². The summed E-state index contributed by atoms with van der Waals surface area (Å²) in [6, 6.07) is 11.5. The number of benzene rings is 2. The molecule has 1 aliphatic heterocycles. The van der Waals surface area contributed by atoms with Gasteiger partial charge in [-0.1, -0.05) is 23.7 Å². The number of fused-ring (bicyclic) bond motifs is 1. The average molecular weight is 480 g/mol. The number of aromatic hydroxyl groups is 2. The third-order valence-electron chi connectivity index (χ3n) is 5.78. The van der Waals surface area contributed by atoms with Gasteiger partial charge in [-0.15, -0.1) is 0 Å². The zero-order valence-corrected chi connectivity index (χ0v) is 18.8. The van der Waals surface area contributed by atoms with E-state index in [1.807, 2.05) is 21.9 Å². The molecule has 0 bridgehead atoms. The Bertz CT molecular complexity index is 1370. The number of phenols is 2. The molecule has 2 aromatic heterocycles. The van der Waals surface area contributed by atoms with E-state index in [1.165, 1.54) is 18.2 Å². The molecule has 0 spiro atoms. The molecule has 1 aliphatic rings. The summed E-state index contributed by atoms with van der Waals surface area (Å²) >= 11 is 5.92. The van der Waals surface area contributed by atoms with Gasteiger partial charge in [0.2, 0.25) is 11.9 Å². The summed E-state index contributed by atoms with van der Waals surface area (Å²) in [5, 5.41) is 20.6. The minimum Gasteiger partial charge on any atom is -0.508 e. The number of anilines is 2. The van der Waals surface area contributed by atoms with Crippen molar-refractivity contribution in [2.75, 3.05) is 36.8 Å². The van der Waals surface area contributed by atoms with Crippen LogP contribution in [0, 0.1) is 0 Å². The van der Waals surface area contributed by atoms with Crippen molar-refractivity contribution in [2.45, 2.75) is 6.42 Å². The molecule has 174 valence electrons. The second-order valence-electron chi connectivity index (χ2n) is 8.06. The van der Waals surface area contributed by atoms with E-state index in [9.17, 15) is 15.0 Å². The summed E-state index contributed by atoms with van der Waals surface area (Å²) < 4.78 is 0. The molecular weight excluding hydrogens is 458 g/mol. The smallest absolute Gasteiger partial charge is 0.227 e. The first kappa shape index (κ1) is 21.8. The largest absolute Gasteiger partial charge is 0.508 e. The van der Waals surface area contributed by atoms with Crippen molar-refractivity contribution in [3.05, 3.63) is 53.1 Å². The molecule has 1 saturated heterocycles. The quantitative estimate of drug-likeness (QED) is 0.327. The van der Waals surface area contributed by atoms with Crippen LogP contribution >= 0.6 is 11.6 Å². The van der Waals surface area contributed by atoms with Crippen LogP contribution in [0.15, 0.2) is 42.5 Å². The normalized spacial score (nSPS) is 14.0. The maximum Gasteiger partial charge on any atom is 0.227 e. The summed E-state index contributed by atoms with van der Waals surface area (Å²) in [4.78, 5) is 32.8. The van der Waals surface area contributed by atoms with E-state index in [1.54, 1.807) is 12.1 Å². The SMILES string of the molecule is Nc1nc(N2CCN(C(=O)Cc3ccc(Cl)cc3)CC2)c2[nH]c(-c3cc(O)ccc3O)nc2n1. The van der Waals surface area contributed by atoms with E-state index in [2.05, 4.69) is 19.9 Å². The fourth-order valence-electron chi connectivity index (χ4n) is 4.03. The van der Waals surface area contributed by atoms with Crippen LogP contribution in [0.5, 0.6) is 11.5 Å². The van der Waals surface area contributed by atoms with Gasteiger partial charge >= 0.3 is 0 Å². The molecule has 5 rings (SSSR count). The highest BCUT2D eigenvalue weighted by Crippen LogP contribution is 2.33. The molecular formula is C23H22ClN7O3. The van der Waals surface area contributed by atoms with Crippen molar-refractivity contribution in [1.29, 1.82) is 0 Å². The second-order valence-corrected chi connectivity index (χ2v) is 8.50. The lowest BCUT2D eigenvalue weighted by Crippen LogP contribution is -2.49. The maximum atomic E-state index is 12.8. The molecule has 2 aromatic carbocycles. The summed E-state index contributed by atoms with van der Waals surface area (Å²) in [5.74, 6) is 0.997. The van der Waals surface area contributed by atoms with Crippen LogP contribution < -0.4 is 10.6 Å². The molecule has 10 nitrogen and oxygen atoms in total. The van der Waals surface area contributed by atoms with Gasteiger partial charge in [-0.05, 0) is 35.9 Å². The number of piperazine rings is 1. The van der Waals surface area contributed by atoms with Gasteiger partial charge in [0.1, 0.15) is 22.8 Å². The minimum atomic E-state index is -0.0350. The third-order valence-corrected chi connectivity index (χ3v) is 6.04. The Labute approximate surface area is 199 Å². The third kappa shape index (κ3) is 4.27. The molecule has 0 aliphatic carbocycles. The Hall–Kier alpha value is -4.05. The molecule has 34 heavy (non-hydrogen) atoms. The summed E-state index contributed by atoms with van der Waals surface area (Å²) in [5.41, 5.74) is 8.10. The molecule has 1 amide bonds. The summed E-state index contributed by atoms with van der Waals surface area (Å²) in [7, 11) is 0. The van der Waals surface area contributed by atoms with Gasteiger partial charge in [-0.2, -0.15) is 9.97 Å². The van der Waals surface area contributed by atoms with Gasteiger partial charge in [0, 0.05) is 31.2 Å². The lowest BCUT2D eigenvalue weighted by atomic mass is 10.1. The first-order chi connectivity index (χ1) is 16.4. The molecule has 0 saturated carbocycles. The highest BCUT2D eigenvalue weighted by Gasteiger charge is 2.25. The first-order valence-electron chi connectivity index (χ1n) is 10.7. The number of amides is 1. The number of nitrogens with zero attached hydrogens (tertiary/aromatic N) is 5. The fraction of sp³-hybridized carbons (Fsp3) is 0.217. The number of nitrogens with two attached hydrogens (primary N) is 1. The lowest BCUT2D eigenvalue weighted by Gasteiger charge is -2.35. The Morgan fingerprint density at radius 3 is 2.50 bits per heavy atom. The molecule has 11 heteroatoms. The van der Waals surface area contributed by atoms with Crippen LogP contribution in [0.2, 0.25) is 5.02 Å². The molecule has 0 radical (unpaired) electrons. The highest BCUT2D eigenvalue weighted by molar-refractivity contribution is 6.30. The number of rotatable bonds is 4. The summed E-state index contributed by atoms with van der Waals surface area (Å²) in [6.07, 6.45) is 0.319. The monoisotopic (exact) mass is 479 g/mol. The number of phenolic OH excluding ortho intramolecular Hbond substituents is 2. The zero-order chi connectivity index (χ0) is 23.8. The van der Waals surface area contributed by atoms with E-state index in [-0.39, 0.29) is 23.4 Å². The molecule has 1 fully saturated rings. The number of carbonyl (C=O) groups is 1. The Morgan fingerprint density at radius 1 is 1.03 bits per heavy atom. The van der Waals surface area contributed by atoms with Gasteiger partial charge in [0.15, 0.2) is 11.5 Å². The van der Waals surface area contributed by atoms with Crippen LogP contribution in [0.4, 0.5) is 11.8 Å². The number of imidazole rings is 1. The molecule has 0 unspecified atom stereocenters. The predicted octanol–water partition coefficient (Wildman–Crippen LogP) is 2.56. The van der Waals surface area contributed by atoms with E-state index in [4.69, 9.17) is 17.3 Å². The number of carbonyl (C=O) groups excluding carboxylic acids is 1. The van der Waals surface area contributed by atoms with Crippen molar-refractivity contribution in [2.24, 2.45) is 0 Å². The molecule has 5 N–H and O–H groups in total. The van der Waals surface area contributed by atoms with Crippen LogP contribution in [0.1, 0.15) is 5.56 Å². The molecule has 3 heterocycles. The first-order valence-corrected chi connectivity index (χ1v) is 11.1. The van der Waals surface area contributed by atoms with Crippen LogP contribution in [-0.2, 0) is 11.2 Å². The maximum absolute atomic E-state index is 12.8. The van der Waals surface area contributed by atoms with Gasteiger partial charge in [-0.25, -0.2) is 4.98 Å². The number of H-pyrrole nitrogens is 1. The number of hydrogen-bond acceptors (Lipinski definition) is 8. The van der Waals surface area contributed by atoms with Crippen molar-refractivity contribution in [3.8, 4) is 22.9 Å². The number of aromatic nitrogens is 4. The standard InChI is InChI=1S/C23H22ClN7O3/c24-14-3-1-13(2-4-14)11-18(34)30-7-9-31(10-8-30)22-19-21(28-23(25)29-22)27-20(26-19)16-12-15(32)5-6-17(16)33/h1-6,12,32-33H,7-11H2,(H3,25,26,27,28,29). The Morgan fingerprint density at radius 2 is 1.76 bits per heavy atom. The van der Waals surface area contributed by atoms with Crippen molar-refractivity contribution >= 4 is 40.4 Å². The number of hydrogen-bond donors (Lipinski definition) is 4. The van der Waals surface area contributed by atoms with Crippen molar-refractivity contribution in [1.82, 2.24) is 24.8 Å². The van der Waals surface area contributed by atoms with E-state index < -0.39 is 0 Å². The van der Waals surface area contributed by atoms with E-state index >= 15 is 0 Å². The van der Waals surface area contributed by atoms with E-state index in [0.29, 0.717) is 66.0 Å².